The van der Waals surface area contributed by atoms with E-state index in [9.17, 15) is 5.11 Å². The fourth-order valence-corrected chi connectivity index (χ4v) is 2.28. The standard InChI is InChI=1S/C17H21NO2/c1-12-6-5-7-14(10-12)18(3)13(2)16-9-8-15(20-4)11-17(16)19/h5-11,13,19H,1-4H3. The number of nitrogens with zero attached hydrogens (tertiary/aromatic N) is 1. The number of methoxy groups -OCH3 is 1. The van der Waals surface area contributed by atoms with Gasteiger partial charge in [-0.15, -0.1) is 0 Å². The number of aromatic hydroxyl groups is 1. The molecule has 0 aliphatic rings. The molecule has 0 saturated carbocycles. The predicted molar refractivity (Wildman–Crippen MR) is 82.7 cm³/mol. The minimum atomic E-state index is 0.0720. The Morgan fingerprint density at radius 1 is 1.15 bits per heavy atom. The van der Waals surface area contributed by atoms with Crippen LogP contribution in [0.5, 0.6) is 11.5 Å². The first-order valence-electron chi connectivity index (χ1n) is 6.69. The summed E-state index contributed by atoms with van der Waals surface area (Å²) in [7, 11) is 3.62. The van der Waals surface area contributed by atoms with Gasteiger partial charge in [0, 0.05) is 24.4 Å². The van der Waals surface area contributed by atoms with Crippen molar-refractivity contribution in [3.8, 4) is 11.5 Å². The third kappa shape index (κ3) is 2.87. The van der Waals surface area contributed by atoms with Crippen molar-refractivity contribution in [2.75, 3.05) is 19.1 Å². The summed E-state index contributed by atoms with van der Waals surface area (Å²) in [5, 5.41) is 10.1. The van der Waals surface area contributed by atoms with Crippen LogP contribution in [0.15, 0.2) is 42.5 Å². The number of benzene rings is 2. The summed E-state index contributed by atoms with van der Waals surface area (Å²) in [5.41, 5.74) is 3.24. The molecule has 2 aromatic rings. The van der Waals surface area contributed by atoms with Gasteiger partial charge in [0.05, 0.1) is 13.2 Å². The van der Waals surface area contributed by atoms with Crippen LogP contribution < -0.4 is 9.64 Å². The molecule has 3 heteroatoms. The monoisotopic (exact) mass is 271 g/mol. The van der Waals surface area contributed by atoms with Gasteiger partial charge in [0.2, 0.25) is 0 Å². The molecule has 1 N–H and O–H groups in total. The maximum Gasteiger partial charge on any atom is 0.124 e. The van der Waals surface area contributed by atoms with E-state index in [2.05, 4.69) is 36.9 Å². The Hall–Kier alpha value is -2.16. The van der Waals surface area contributed by atoms with E-state index in [1.54, 1.807) is 13.2 Å². The van der Waals surface area contributed by atoms with Crippen LogP contribution in [0.25, 0.3) is 0 Å². The summed E-state index contributed by atoms with van der Waals surface area (Å²) < 4.78 is 5.12. The third-order valence-electron chi connectivity index (χ3n) is 3.68. The van der Waals surface area contributed by atoms with E-state index in [1.165, 1.54) is 5.56 Å². The number of ether oxygens (including phenoxy) is 1. The molecule has 0 bridgehead atoms. The quantitative estimate of drug-likeness (QED) is 0.915. The lowest BCUT2D eigenvalue weighted by atomic mass is 10.0. The van der Waals surface area contributed by atoms with Crippen LogP contribution in [0.3, 0.4) is 0 Å². The first-order chi connectivity index (χ1) is 9.52. The van der Waals surface area contributed by atoms with Crippen molar-refractivity contribution in [3.63, 3.8) is 0 Å². The van der Waals surface area contributed by atoms with Crippen LogP contribution >= 0.6 is 0 Å². The molecule has 0 aromatic heterocycles. The second-order valence-electron chi connectivity index (χ2n) is 5.05. The highest BCUT2D eigenvalue weighted by Crippen LogP contribution is 2.33. The average Bonchev–Trinajstić information content (AvgIpc) is 2.45. The van der Waals surface area contributed by atoms with Gasteiger partial charge in [-0.05, 0) is 43.7 Å². The summed E-state index contributed by atoms with van der Waals surface area (Å²) >= 11 is 0. The third-order valence-corrected chi connectivity index (χ3v) is 3.68. The predicted octanol–water partition coefficient (Wildman–Crippen LogP) is 3.91. The number of phenols is 1. The largest absolute Gasteiger partial charge is 0.507 e. The number of phenolic OH excluding ortho intramolecular Hbond substituents is 1. The zero-order valence-electron chi connectivity index (χ0n) is 12.4. The lowest BCUT2D eigenvalue weighted by Gasteiger charge is -2.28. The minimum Gasteiger partial charge on any atom is -0.507 e. The molecule has 20 heavy (non-hydrogen) atoms. The van der Waals surface area contributed by atoms with Gasteiger partial charge in [-0.2, -0.15) is 0 Å². The molecule has 2 aromatic carbocycles. The maximum absolute atomic E-state index is 10.1. The molecule has 1 unspecified atom stereocenters. The summed E-state index contributed by atoms with van der Waals surface area (Å²) in [6.45, 7) is 4.15. The van der Waals surface area contributed by atoms with Gasteiger partial charge in [-0.3, -0.25) is 0 Å². The Morgan fingerprint density at radius 2 is 1.90 bits per heavy atom. The zero-order chi connectivity index (χ0) is 14.7. The molecule has 0 fully saturated rings. The lowest BCUT2D eigenvalue weighted by molar-refractivity contribution is 0.405. The Bertz CT molecular complexity index is 595. The molecule has 1 atom stereocenters. The Balaban J connectivity index is 2.28. The molecule has 0 saturated heterocycles. The van der Waals surface area contributed by atoms with Crippen LogP contribution in [0.4, 0.5) is 5.69 Å². The van der Waals surface area contributed by atoms with E-state index in [0.717, 1.165) is 11.3 Å². The maximum atomic E-state index is 10.1. The summed E-state index contributed by atoms with van der Waals surface area (Å²) in [6, 6.07) is 13.8. The van der Waals surface area contributed by atoms with Gasteiger partial charge in [0.25, 0.3) is 0 Å². The summed E-state index contributed by atoms with van der Waals surface area (Å²) in [4.78, 5) is 2.15. The van der Waals surface area contributed by atoms with Gasteiger partial charge >= 0.3 is 0 Å². The average molecular weight is 271 g/mol. The smallest absolute Gasteiger partial charge is 0.124 e. The highest BCUT2D eigenvalue weighted by atomic mass is 16.5. The molecule has 0 aliphatic carbocycles. The minimum absolute atomic E-state index is 0.0720. The van der Waals surface area contributed by atoms with Crippen molar-refractivity contribution in [1.82, 2.24) is 0 Å². The van der Waals surface area contributed by atoms with E-state index < -0.39 is 0 Å². The van der Waals surface area contributed by atoms with Crippen LogP contribution in [-0.4, -0.2) is 19.3 Å². The van der Waals surface area contributed by atoms with E-state index in [0.29, 0.717) is 5.75 Å². The first kappa shape index (κ1) is 14.3. The van der Waals surface area contributed by atoms with Crippen molar-refractivity contribution in [3.05, 3.63) is 53.6 Å². The highest BCUT2D eigenvalue weighted by molar-refractivity contribution is 5.52. The molecule has 3 nitrogen and oxygen atoms in total. The second-order valence-corrected chi connectivity index (χ2v) is 5.05. The van der Waals surface area contributed by atoms with Gasteiger partial charge < -0.3 is 14.7 Å². The number of rotatable bonds is 4. The Labute approximate surface area is 120 Å². The summed E-state index contributed by atoms with van der Waals surface area (Å²) in [5.74, 6) is 0.924. The van der Waals surface area contributed by atoms with Gasteiger partial charge in [0.1, 0.15) is 11.5 Å². The van der Waals surface area contributed by atoms with Crippen LogP contribution in [0.2, 0.25) is 0 Å². The number of hydrogen-bond acceptors (Lipinski definition) is 3. The molecule has 0 radical (unpaired) electrons. The van der Waals surface area contributed by atoms with Gasteiger partial charge in [0.15, 0.2) is 0 Å². The number of aryl methyl sites for hydroxylation is 1. The molecule has 0 spiro atoms. The Kier molecular flexibility index (Phi) is 4.18. The molecule has 0 amide bonds. The normalized spacial score (nSPS) is 12.0. The first-order valence-corrected chi connectivity index (χ1v) is 6.69. The molecule has 0 aliphatic heterocycles. The van der Waals surface area contributed by atoms with Crippen LogP contribution in [0.1, 0.15) is 24.1 Å². The molecular weight excluding hydrogens is 250 g/mol. The fourth-order valence-electron chi connectivity index (χ4n) is 2.28. The number of hydrogen-bond donors (Lipinski definition) is 1. The topological polar surface area (TPSA) is 32.7 Å². The zero-order valence-corrected chi connectivity index (χ0v) is 12.4. The SMILES string of the molecule is COc1ccc(C(C)N(C)c2cccc(C)c2)c(O)c1. The van der Waals surface area contributed by atoms with Crippen molar-refractivity contribution < 1.29 is 9.84 Å². The molecule has 2 rings (SSSR count). The van der Waals surface area contributed by atoms with Crippen molar-refractivity contribution in [1.29, 1.82) is 0 Å². The van der Waals surface area contributed by atoms with Gasteiger partial charge in [-0.1, -0.05) is 12.1 Å². The second kappa shape index (κ2) is 5.87. The van der Waals surface area contributed by atoms with Crippen LogP contribution in [0, 0.1) is 6.92 Å². The Morgan fingerprint density at radius 3 is 2.50 bits per heavy atom. The van der Waals surface area contributed by atoms with Crippen molar-refractivity contribution in [2.45, 2.75) is 19.9 Å². The van der Waals surface area contributed by atoms with E-state index in [1.807, 2.05) is 25.2 Å². The van der Waals surface area contributed by atoms with Crippen LogP contribution in [-0.2, 0) is 0 Å². The van der Waals surface area contributed by atoms with Crippen molar-refractivity contribution >= 4 is 5.69 Å². The van der Waals surface area contributed by atoms with Gasteiger partial charge in [-0.25, -0.2) is 0 Å². The molecule has 0 heterocycles. The number of anilines is 1. The molecular formula is C17H21NO2. The molecule has 106 valence electrons. The summed E-state index contributed by atoms with van der Waals surface area (Å²) in [6.07, 6.45) is 0. The fraction of sp³-hybridized carbons (Fsp3) is 0.294. The van der Waals surface area contributed by atoms with E-state index >= 15 is 0 Å². The lowest BCUT2D eigenvalue weighted by Crippen LogP contribution is -2.21. The van der Waals surface area contributed by atoms with Crippen molar-refractivity contribution in [2.24, 2.45) is 0 Å². The van der Waals surface area contributed by atoms with E-state index in [4.69, 9.17) is 4.74 Å². The van der Waals surface area contributed by atoms with E-state index in [-0.39, 0.29) is 11.8 Å². The highest BCUT2D eigenvalue weighted by Gasteiger charge is 2.16.